The number of aryl methyl sites for hydroxylation is 1. The van der Waals surface area contributed by atoms with E-state index in [4.69, 9.17) is 0 Å². The summed E-state index contributed by atoms with van der Waals surface area (Å²) in [6, 6.07) is 12.8. The van der Waals surface area contributed by atoms with Crippen LogP contribution in [0.5, 0.6) is 0 Å². The van der Waals surface area contributed by atoms with Crippen LogP contribution in [0.3, 0.4) is 0 Å². The van der Waals surface area contributed by atoms with Crippen molar-refractivity contribution in [1.29, 1.82) is 0 Å². The van der Waals surface area contributed by atoms with Gasteiger partial charge in [-0.3, -0.25) is 19.2 Å². The molecule has 2 aromatic rings. The summed E-state index contributed by atoms with van der Waals surface area (Å²) in [6.07, 6.45) is 0.376. The van der Waals surface area contributed by atoms with Crippen LogP contribution in [0.4, 0.5) is 11.4 Å². The van der Waals surface area contributed by atoms with Gasteiger partial charge in [0.15, 0.2) is 0 Å². The van der Waals surface area contributed by atoms with E-state index in [0.717, 1.165) is 10.5 Å². The summed E-state index contributed by atoms with van der Waals surface area (Å²) in [5.74, 6) is -0.540. The van der Waals surface area contributed by atoms with Crippen molar-refractivity contribution in [3.63, 3.8) is 0 Å². The molecule has 0 saturated carbocycles. The summed E-state index contributed by atoms with van der Waals surface area (Å²) in [7, 11) is -3.74. The summed E-state index contributed by atoms with van der Waals surface area (Å²) in [4.78, 5) is 24.6. The Balaban J connectivity index is 1.86. The van der Waals surface area contributed by atoms with Crippen molar-refractivity contribution < 1.29 is 18.0 Å². The minimum absolute atomic E-state index is 0.0635. The molecule has 1 N–H and O–H groups in total. The number of para-hydroxylation sites is 1. The molecule has 1 aliphatic heterocycles. The number of anilines is 2. The lowest BCUT2D eigenvalue weighted by Crippen LogP contribution is -2.28. The predicted molar refractivity (Wildman–Crippen MR) is 90.2 cm³/mol. The molecule has 6 nitrogen and oxygen atoms in total. The summed E-state index contributed by atoms with van der Waals surface area (Å²) >= 11 is 0. The Hall–Kier alpha value is -2.67. The van der Waals surface area contributed by atoms with Crippen molar-refractivity contribution >= 4 is 33.2 Å². The Morgan fingerprint density at radius 2 is 1.50 bits per heavy atom. The Labute approximate surface area is 140 Å². The number of benzene rings is 2. The highest BCUT2D eigenvalue weighted by Crippen LogP contribution is 2.25. The fourth-order valence-corrected chi connectivity index (χ4v) is 3.66. The Bertz CT molecular complexity index is 888. The minimum Gasteiger partial charge on any atom is -0.279 e. The van der Waals surface area contributed by atoms with Crippen molar-refractivity contribution in [2.45, 2.75) is 24.7 Å². The van der Waals surface area contributed by atoms with E-state index in [0.29, 0.717) is 11.4 Å². The van der Waals surface area contributed by atoms with Gasteiger partial charge in [0.25, 0.3) is 10.0 Å². The van der Waals surface area contributed by atoms with E-state index < -0.39 is 10.0 Å². The number of carbonyl (C=O) groups excluding carboxylic acids is 2. The molecule has 2 amide bonds. The summed E-state index contributed by atoms with van der Waals surface area (Å²) in [6.45, 7) is 1.81. The number of sulfonamides is 1. The van der Waals surface area contributed by atoms with E-state index in [9.17, 15) is 18.0 Å². The first kappa shape index (κ1) is 16.2. The van der Waals surface area contributed by atoms with E-state index in [1.165, 1.54) is 24.3 Å². The first-order chi connectivity index (χ1) is 11.4. The van der Waals surface area contributed by atoms with Gasteiger partial charge in [-0.25, -0.2) is 8.42 Å². The third-order valence-corrected chi connectivity index (χ3v) is 5.23. The van der Waals surface area contributed by atoms with Gasteiger partial charge in [0, 0.05) is 12.8 Å². The molecule has 0 unspecified atom stereocenters. The molecule has 7 heteroatoms. The lowest BCUT2D eigenvalue weighted by Gasteiger charge is -2.15. The molecule has 1 heterocycles. The molecule has 0 aromatic heterocycles. The summed E-state index contributed by atoms with van der Waals surface area (Å²) < 4.78 is 27.4. The van der Waals surface area contributed by atoms with Gasteiger partial charge in [-0.15, -0.1) is 0 Å². The van der Waals surface area contributed by atoms with Crippen LogP contribution in [0.25, 0.3) is 0 Å². The van der Waals surface area contributed by atoms with Crippen LogP contribution in [-0.2, 0) is 19.6 Å². The zero-order chi connectivity index (χ0) is 17.3. The largest absolute Gasteiger partial charge is 0.279 e. The number of nitrogens with zero attached hydrogens (tertiary/aromatic N) is 1. The number of imide groups is 1. The van der Waals surface area contributed by atoms with Crippen molar-refractivity contribution in [2.24, 2.45) is 0 Å². The van der Waals surface area contributed by atoms with Gasteiger partial charge >= 0.3 is 0 Å². The van der Waals surface area contributed by atoms with E-state index in [1.54, 1.807) is 12.1 Å². The second-order valence-corrected chi connectivity index (χ2v) is 7.22. The van der Waals surface area contributed by atoms with Crippen LogP contribution in [0.1, 0.15) is 18.4 Å². The molecule has 1 fully saturated rings. The van der Waals surface area contributed by atoms with Crippen molar-refractivity contribution in [3.8, 4) is 0 Å². The van der Waals surface area contributed by atoms with E-state index in [2.05, 4.69) is 4.72 Å². The Morgan fingerprint density at radius 1 is 0.917 bits per heavy atom. The van der Waals surface area contributed by atoms with Crippen LogP contribution >= 0.6 is 0 Å². The topological polar surface area (TPSA) is 83.6 Å². The number of nitrogens with one attached hydrogen (secondary N) is 1. The number of carbonyl (C=O) groups is 2. The van der Waals surface area contributed by atoms with E-state index in [-0.39, 0.29) is 29.6 Å². The Kier molecular flexibility index (Phi) is 4.11. The van der Waals surface area contributed by atoms with Gasteiger partial charge in [0.1, 0.15) is 0 Å². The molecule has 0 atom stereocenters. The highest BCUT2D eigenvalue weighted by Gasteiger charge is 2.30. The van der Waals surface area contributed by atoms with E-state index >= 15 is 0 Å². The third kappa shape index (κ3) is 3.03. The fourth-order valence-electron chi connectivity index (χ4n) is 2.53. The Morgan fingerprint density at radius 3 is 2.08 bits per heavy atom. The second-order valence-electron chi connectivity index (χ2n) is 5.54. The van der Waals surface area contributed by atoms with Crippen LogP contribution < -0.4 is 9.62 Å². The normalized spacial score (nSPS) is 15.0. The number of hydrogen-bond donors (Lipinski definition) is 1. The average Bonchev–Trinajstić information content (AvgIpc) is 2.88. The fraction of sp³-hybridized carbons (Fsp3) is 0.176. The smallest absolute Gasteiger partial charge is 0.261 e. The van der Waals surface area contributed by atoms with Crippen LogP contribution in [0.2, 0.25) is 0 Å². The number of rotatable bonds is 4. The standard InChI is InChI=1S/C17H16N2O4S/c1-12-4-2-3-5-15(12)18-24(22,23)14-8-6-13(7-9-14)19-16(20)10-11-17(19)21/h2-9,18H,10-11H2,1H3. The number of hydrogen-bond acceptors (Lipinski definition) is 4. The van der Waals surface area contributed by atoms with Crippen LogP contribution in [0.15, 0.2) is 53.4 Å². The lowest BCUT2D eigenvalue weighted by molar-refractivity contribution is -0.121. The molecule has 124 valence electrons. The molecule has 24 heavy (non-hydrogen) atoms. The van der Waals surface area contributed by atoms with Crippen LogP contribution in [-0.4, -0.2) is 20.2 Å². The minimum atomic E-state index is -3.74. The number of amides is 2. The molecule has 0 spiro atoms. The van der Waals surface area contributed by atoms with Gasteiger partial charge < -0.3 is 0 Å². The van der Waals surface area contributed by atoms with Crippen molar-refractivity contribution in [2.75, 3.05) is 9.62 Å². The molecule has 2 aromatic carbocycles. The predicted octanol–water partition coefficient (Wildman–Crippen LogP) is 2.45. The summed E-state index contributed by atoms with van der Waals surface area (Å²) in [5.41, 5.74) is 1.70. The first-order valence-corrected chi connectivity index (χ1v) is 8.91. The van der Waals surface area contributed by atoms with Gasteiger partial charge in [0.05, 0.1) is 16.3 Å². The molecule has 1 saturated heterocycles. The maximum Gasteiger partial charge on any atom is 0.261 e. The third-order valence-electron chi connectivity index (χ3n) is 3.85. The SMILES string of the molecule is Cc1ccccc1NS(=O)(=O)c1ccc(N2C(=O)CCC2=O)cc1. The highest BCUT2D eigenvalue weighted by molar-refractivity contribution is 7.92. The molecule has 1 aliphatic rings. The zero-order valence-electron chi connectivity index (χ0n) is 13.0. The molecule has 0 bridgehead atoms. The molecule has 0 radical (unpaired) electrons. The first-order valence-electron chi connectivity index (χ1n) is 7.43. The van der Waals surface area contributed by atoms with Gasteiger partial charge in [-0.1, -0.05) is 18.2 Å². The van der Waals surface area contributed by atoms with Crippen molar-refractivity contribution in [3.05, 3.63) is 54.1 Å². The lowest BCUT2D eigenvalue weighted by atomic mass is 10.2. The maximum atomic E-state index is 12.5. The second kappa shape index (κ2) is 6.09. The summed E-state index contributed by atoms with van der Waals surface area (Å²) in [5, 5.41) is 0. The zero-order valence-corrected chi connectivity index (χ0v) is 13.8. The highest BCUT2D eigenvalue weighted by atomic mass is 32.2. The van der Waals surface area contributed by atoms with Crippen LogP contribution in [0, 0.1) is 6.92 Å². The molecule has 3 rings (SSSR count). The van der Waals surface area contributed by atoms with Gasteiger partial charge in [0.2, 0.25) is 11.8 Å². The quantitative estimate of drug-likeness (QED) is 0.864. The van der Waals surface area contributed by atoms with E-state index in [1.807, 2.05) is 19.1 Å². The molecular formula is C17H16N2O4S. The average molecular weight is 344 g/mol. The molecule has 0 aliphatic carbocycles. The van der Waals surface area contributed by atoms with Crippen molar-refractivity contribution in [1.82, 2.24) is 0 Å². The van der Waals surface area contributed by atoms with Gasteiger partial charge in [-0.2, -0.15) is 0 Å². The monoisotopic (exact) mass is 344 g/mol. The maximum absolute atomic E-state index is 12.5. The van der Waals surface area contributed by atoms with Gasteiger partial charge in [-0.05, 0) is 42.8 Å². The molecular weight excluding hydrogens is 328 g/mol.